The molecule has 9 heteroatoms. The van der Waals surface area contributed by atoms with E-state index in [9.17, 15) is 24.6 Å². The lowest BCUT2D eigenvalue weighted by molar-refractivity contribution is -0.917. The monoisotopic (exact) mass is 445 g/mol. The van der Waals surface area contributed by atoms with Crippen LogP contribution in [0.25, 0.3) is 0 Å². The van der Waals surface area contributed by atoms with Crippen LogP contribution in [-0.4, -0.2) is 82.2 Å². The number of carbonyl (C=O) groups is 3. The molecule has 4 rings (SSSR count). The second-order valence-corrected chi connectivity index (χ2v) is 9.74. The van der Waals surface area contributed by atoms with Crippen LogP contribution in [0.3, 0.4) is 0 Å². The maximum Gasteiger partial charge on any atom is 0.253 e. The largest absolute Gasteiger partial charge is 0.543 e. The third-order valence-electron chi connectivity index (χ3n) is 6.67. The number of carboxylic acids is 1. The summed E-state index contributed by atoms with van der Waals surface area (Å²) in [6.07, 6.45) is 2.70. The summed E-state index contributed by atoms with van der Waals surface area (Å²) < 4.78 is 0.661. The van der Waals surface area contributed by atoms with E-state index in [0.717, 1.165) is 19.4 Å². The molecule has 31 heavy (non-hydrogen) atoms. The lowest BCUT2D eigenvalue weighted by atomic mass is 10.0. The van der Waals surface area contributed by atoms with E-state index >= 15 is 0 Å². The molecule has 2 N–H and O–H groups in total. The third-order valence-corrected chi connectivity index (χ3v) is 8.01. The van der Waals surface area contributed by atoms with Crippen LogP contribution in [0.15, 0.2) is 41.6 Å². The summed E-state index contributed by atoms with van der Waals surface area (Å²) in [5, 5.41) is 23.7. The van der Waals surface area contributed by atoms with Gasteiger partial charge in [-0.2, -0.15) is 0 Å². The Bertz CT molecular complexity index is 921. The number of hydrogen-bond acceptors (Lipinski definition) is 6. The van der Waals surface area contributed by atoms with Gasteiger partial charge in [-0.1, -0.05) is 18.2 Å². The van der Waals surface area contributed by atoms with Crippen molar-refractivity contribution in [3.63, 3.8) is 0 Å². The predicted molar refractivity (Wildman–Crippen MR) is 113 cm³/mol. The quantitative estimate of drug-likeness (QED) is 0.440. The van der Waals surface area contributed by atoms with Gasteiger partial charge in [-0.3, -0.25) is 14.5 Å². The summed E-state index contributed by atoms with van der Waals surface area (Å²) in [4.78, 5) is 38.6. The Morgan fingerprint density at radius 3 is 2.74 bits per heavy atom. The fraction of sp³-hybridized carbons (Fsp3) is 0.500. The average molecular weight is 446 g/mol. The van der Waals surface area contributed by atoms with Crippen LogP contribution in [0.4, 0.5) is 0 Å². The lowest BCUT2D eigenvalue weighted by Gasteiger charge is -2.51. The molecule has 166 valence electrons. The highest BCUT2D eigenvalue weighted by Crippen LogP contribution is 2.41. The summed E-state index contributed by atoms with van der Waals surface area (Å²) in [7, 11) is 2.09. The number of hydrogen-bond donors (Lipinski definition) is 2. The number of likely N-dealkylation sites (N-methyl/N-ethyl adjacent to an activating group) is 1. The van der Waals surface area contributed by atoms with Crippen LogP contribution in [0, 0.1) is 0 Å². The van der Waals surface area contributed by atoms with Crippen LogP contribution in [0.1, 0.15) is 29.6 Å². The zero-order valence-corrected chi connectivity index (χ0v) is 18.3. The van der Waals surface area contributed by atoms with E-state index in [1.54, 1.807) is 30.3 Å². The molecule has 0 aliphatic carbocycles. The van der Waals surface area contributed by atoms with Gasteiger partial charge in [0.15, 0.2) is 0 Å². The number of aliphatic hydroxyl groups excluding tert-OH is 1. The Morgan fingerprint density at radius 2 is 2.06 bits per heavy atom. The van der Waals surface area contributed by atoms with Crippen molar-refractivity contribution in [3.05, 3.63) is 47.2 Å². The Balaban J connectivity index is 1.52. The summed E-state index contributed by atoms with van der Waals surface area (Å²) >= 11 is 1.47. The maximum atomic E-state index is 12.8. The number of β-lactam (4-membered cyclic amide) rings is 1. The molecule has 2 saturated heterocycles. The first-order valence-corrected chi connectivity index (χ1v) is 11.6. The Morgan fingerprint density at radius 1 is 1.32 bits per heavy atom. The second-order valence-electron chi connectivity index (χ2n) is 8.64. The number of quaternary nitrogens is 1. The maximum absolute atomic E-state index is 12.8. The van der Waals surface area contributed by atoms with Gasteiger partial charge in [0.05, 0.1) is 31.3 Å². The molecule has 2 amide bonds. The van der Waals surface area contributed by atoms with E-state index in [4.69, 9.17) is 0 Å². The molecular formula is C22H27N3O5S. The number of aliphatic hydroxyl groups is 1. The summed E-state index contributed by atoms with van der Waals surface area (Å²) in [5.41, 5.74) is 1.09. The molecule has 0 spiro atoms. The molecule has 2 fully saturated rings. The first-order chi connectivity index (χ1) is 14.9. The minimum atomic E-state index is -1.36. The minimum absolute atomic E-state index is 0.0482. The van der Waals surface area contributed by atoms with E-state index in [0.29, 0.717) is 34.3 Å². The molecule has 4 atom stereocenters. The van der Waals surface area contributed by atoms with E-state index in [1.807, 2.05) is 0 Å². The van der Waals surface area contributed by atoms with Crippen molar-refractivity contribution < 1.29 is 29.1 Å². The van der Waals surface area contributed by atoms with Crippen molar-refractivity contribution in [2.24, 2.45) is 0 Å². The number of amides is 2. The van der Waals surface area contributed by atoms with E-state index in [1.165, 1.54) is 16.7 Å². The Labute approximate surface area is 185 Å². The van der Waals surface area contributed by atoms with Gasteiger partial charge < -0.3 is 24.8 Å². The number of carboxylic acid groups (broad SMARTS) is 1. The van der Waals surface area contributed by atoms with Gasteiger partial charge in [0.1, 0.15) is 18.0 Å². The zero-order chi connectivity index (χ0) is 22.2. The Hall–Kier alpha value is -2.36. The van der Waals surface area contributed by atoms with Crippen molar-refractivity contribution >= 4 is 29.5 Å². The van der Waals surface area contributed by atoms with Gasteiger partial charge in [0, 0.05) is 42.8 Å². The first-order valence-electron chi connectivity index (χ1n) is 10.5. The van der Waals surface area contributed by atoms with Gasteiger partial charge >= 0.3 is 0 Å². The summed E-state index contributed by atoms with van der Waals surface area (Å²) in [6.45, 7) is 1.53. The van der Waals surface area contributed by atoms with Gasteiger partial charge in [-0.25, -0.2) is 0 Å². The van der Waals surface area contributed by atoms with Crippen LogP contribution < -0.4 is 10.4 Å². The molecule has 1 aromatic rings. The van der Waals surface area contributed by atoms with Crippen LogP contribution in [-0.2, 0) is 9.59 Å². The fourth-order valence-electron chi connectivity index (χ4n) is 5.04. The van der Waals surface area contributed by atoms with Crippen LogP contribution >= 0.6 is 11.8 Å². The number of likely N-dealkylation sites (tertiary alicyclic amines) is 1. The SMILES string of the molecule is C[N+]1(CC2=C(C(=O)[O-])N3C(=O)C(NC(=O)c4ccccc4)[C@@H]3SC2)CCCC1CCO. The summed E-state index contributed by atoms with van der Waals surface area (Å²) in [6, 6.07) is 8.13. The van der Waals surface area contributed by atoms with Crippen LogP contribution in [0.2, 0.25) is 0 Å². The number of benzene rings is 1. The number of thioether (sulfide) groups is 1. The Kier molecular flexibility index (Phi) is 6.09. The second kappa shape index (κ2) is 8.64. The highest BCUT2D eigenvalue weighted by molar-refractivity contribution is 8.00. The van der Waals surface area contributed by atoms with E-state index in [-0.39, 0.29) is 24.3 Å². The normalized spacial score (nSPS) is 30.1. The average Bonchev–Trinajstić information content (AvgIpc) is 3.12. The van der Waals surface area contributed by atoms with E-state index < -0.39 is 23.3 Å². The number of rotatable bonds is 7. The smallest absolute Gasteiger partial charge is 0.253 e. The van der Waals surface area contributed by atoms with Gasteiger partial charge in [-0.05, 0) is 12.1 Å². The highest BCUT2D eigenvalue weighted by Gasteiger charge is 2.53. The van der Waals surface area contributed by atoms with Crippen molar-refractivity contribution in [3.8, 4) is 0 Å². The molecular weight excluding hydrogens is 418 g/mol. The minimum Gasteiger partial charge on any atom is -0.543 e. The number of nitrogens with one attached hydrogen (secondary N) is 1. The summed E-state index contributed by atoms with van der Waals surface area (Å²) in [5.74, 6) is -1.67. The predicted octanol–water partition coefficient (Wildman–Crippen LogP) is -0.304. The number of nitrogens with zero attached hydrogens (tertiary/aromatic N) is 2. The molecule has 1 aromatic carbocycles. The van der Waals surface area contributed by atoms with Gasteiger partial charge in [0.2, 0.25) is 0 Å². The molecule has 3 aliphatic rings. The van der Waals surface area contributed by atoms with Crippen molar-refractivity contribution in [2.45, 2.75) is 36.7 Å². The van der Waals surface area contributed by atoms with Crippen molar-refractivity contribution in [1.29, 1.82) is 0 Å². The lowest BCUT2D eigenvalue weighted by Crippen LogP contribution is -2.71. The number of fused-ring (bicyclic) bond motifs is 1. The molecule has 3 aliphatic heterocycles. The van der Waals surface area contributed by atoms with Crippen molar-refractivity contribution in [1.82, 2.24) is 10.2 Å². The van der Waals surface area contributed by atoms with E-state index in [2.05, 4.69) is 12.4 Å². The van der Waals surface area contributed by atoms with Crippen LogP contribution in [0.5, 0.6) is 0 Å². The molecule has 0 aromatic heterocycles. The molecule has 0 radical (unpaired) electrons. The topological polar surface area (TPSA) is 110 Å². The van der Waals surface area contributed by atoms with Gasteiger partial charge in [0.25, 0.3) is 11.8 Å². The molecule has 3 heterocycles. The molecule has 0 bridgehead atoms. The zero-order valence-electron chi connectivity index (χ0n) is 17.5. The fourth-order valence-corrected chi connectivity index (χ4v) is 6.37. The number of carbonyl (C=O) groups excluding carboxylic acids is 3. The van der Waals surface area contributed by atoms with Gasteiger partial charge in [-0.15, -0.1) is 11.8 Å². The molecule has 8 nitrogen and oxygen atoms in total. The molecule has 0 saturated carbocycles. The number of aliphatic carboxylic acids is 1. The highest BCUT2D eigenvalue weighted by atomic mass is 32.2. The standard InChI is InChI=1S/C22H27N3O5S/c1-25(10-5-8-16(25)9-11-26)12-15-13-31-21-17(20(28)24(21)18(15)22(29)30)23-19(27)14-6-3-2-4-7-14/h2-4,6-7,16-17,21,26H,5,8-13H2,1H3,(H-,23,27,29,30)/t16?,17?,21-,25?/m0/s1. The molecule has 3 unspecified atom stereocenters. The third kappa shape index (κ3) is 3.97. The first kappa shape index (κ1) is 21.9. The van der Waals surface area contributed by atoms with Crippen molar-refractivity contribution in [2.75, 3.05) is 32.5 Å².